The van der Waals surface area contributed by atoms with Gasteiger partial charge in [-0.3, -0.25) is 14.1 Å². The third-order valence-electron chi connectivity index (χ3n) is 3.40. The molecule has 0 aliphatic rings. The average molecular weight is 349 g/mol. The van der Waals surface area contributed by atoms with Crippen LogP contribution in [0.3, 0.4) is 0 Å². The maximum Gasteiger partial charge on any atom is 0.232 e. The van der Waals surface area contributed by atoms with E-state index >= 15 is 0 Å². The van der Waals surface area contributed by atoms with Gasteiger partial charge < -0.3 is 10.5 Å². The van der Waals surface area contributed by atoms with Crippen LogP contribution in [0.5, 0.6) is 5.75 Å². The van der Waals surface area contributed by atoms with Crippen LogP contribution in [-0.2, 0) is 16.6 Å². The van der Waals surface area contributed by atoms with Crippen molar-refractivity contribution < 1.29 is 17.9 Å². The Morgan fingerprint density at radius 1 is 1.21 bits per heavy atom. The van der Waals surface area contributed by atoms with Crippen LogP contribution >= 0.6 is 0 Å². The minimum Gasteiger partial charge on any atom is -0.497 e. The Balaban J connectivity index is 2.28. The van der Waals surface area contributed by atoms with E-state index in [2.05, 4.69) is 4.98 Å². The second-order valence-corrected chi connectivity index (χ2v) is 7.04. The molecule has 8 heteroatoms. The molecule has 0 aliphatic heterocycles. The quantitative estimate of drug-likeness (QED) is 0.754. The lowest BCUT2D eigenvalue weighted by Crippen LogP contribution is -2.29. The van der Waals surface area contributed by atoms with Gasteiger partial charge in [-0.25, -0.2) is 8.42 Å². The lowest BCUT2D eigenvalue weighted by molar-refractivity contribution is 0.100. The molecule has 1 heterocycles. The van der Waals surface area contributed by atoms with E-state index in [0.717, 1.165) is 6.26 Å². The van der Waals surface area contributed by atoms with Crippen molar-refractivity contribution in [2.75, 3.05) is 24.2 Å². The summed E-state index contributed by atoms with van der Waals surface area (Å²) in [5.41, 5.74) is 6.72. The monoisotopic (exact) mass is 349 g/mol. The molecule has 7 nitrogen and oxygen atoms in total. The number of rotatable bonds is 7. The highest BCUT2D eigenvalue weighted by Crippen LogP contribution is 2.23. The highest BCUT2D eigenvalue weighted by Gasteiger charge is 2.18. The summed E-state index contributed by atoms with van der Waals surface area (Å²) in [6.45, 7) is -0.0371. The summed E-state index contributed by atoms with van der Waals surface area (Å²) < 4.78 is 30.5. The van der Waals surface area contributed by atoms with Crippen molar-refractivity contribution in [2.24, 2.45) is 5.73 Å². The second-order valence-electron chi connectivity index (χ2n) is 5.13. The number of ether oxygens (including phenoxy) is 1. The van der Waals surface area contributed by atoms with Crippen molar-refractivity contribution >= 4 is 21.5 Å². The molecule has 0 atom stereocenters. The highest BCUT2D eigenvalue weighted by molar-refractivity contribution is 7.92. The molecule has 2 aromatic rings. The van der Waals surface area contributed by atoms with Crippen LogP contribution in [0.25, 0.3) is 0 Å². The highest BCUT2D eigenvalue weighted by atomic mass is 32.2. The van der Waals surface area contributed by atoms with Crippen LogP contribution in [0.2, 0.25) is 0 Å². The molecule has 2 N–H and O–H groups in total. The van der Waals surface area contributed by atoms with E-state index < -0.39 is 10.0 Å². The number of carbonyl (C=O) groups is 1. The molecule has 1 aromatic heterocycles. The fourth-order valence-corrected chi connectivity index (χ4v) is 2.97. The zero-order valence-electron chi connectivity index (χ0n) is 13.5. The Morgan fingerprint density at radius 3 is 2.33 bits per heavy atom. The first-order valence-electron chi connectivity index (χ1n) is 7.15. The number of anilines is 1. The zero-order chi connectivity index (χ0) is 17.7. The third kappa shape index (κ3) is 4.30. The van der Waals surface area contributed by atoms with Gasteiger partial charge in [-0.2, -0.15) is 0 Å². The number of pyridine rings is 1. The Morgan fingerprint density at radius 2 is 1.88 bits per heavy atom. The lowest BCUT2D eigenvalue weighted by atomic mass is 10.2. The summed E-state index contributed by atoms with van der Waals surface area (Å²) in [7, 11) is -1.96. The molecule has 24 heavy (non-hydrogen) atoms. The Labute approximate surface area is 141 Å². The van der Waals surface area contributed by atoms with Crippen LogP contribution in [0.15, 0.2) is 42.6 Å². The van der Waals surface area contributed by atoms with E-state index in [1.807, 2.05) is 0 Å². The van der Waals surface area contributed by atoms with Gasteiger partial charge in [0, 0.05) is 11.8 Å². The Hall–Kier alpha value is -2.45. The molecular weight excluding hydrogens is 330 g/mol. The van der Waals surface area contributed by atoms with Crippen molar-refractivity contribution in [1.29, 1.82) is 0 Å². The van der Waals surface area contributed by atoms with Gasteiger partial charge >= 0.3 is 0 Å². The number of hydrogen-bond acceptors (Lipinski definition) is 6. The van der Waals surface area contributed by atoms with Crippen LogP contribution < -0.4 is 14.8 Å². The Kier molecular flexibility index (Phi) is 5.53. The first-order chi connectivity index (χ1) is 11.3. The SMILES string of the molecule is COc1ccc(N(Cc2ccc(C(=O)CN)cn2)S(C)(=O)=O)cc1. The van der Waals surface area contributed by atoms with Crippen molar-refractivity contribution in [3.05, 3.63) is 53.9 Å². The molecule has 0 bridgehead atoms. The number of methoxy groups -OCH3 is 1. The van der Waals surface area contributed by atoms with Crippen molar-refractivity contribution in [3.63, 3.8) is 0 Å². The van der Waals surface area contributed by atoms with Gasteiger partial charge in [0.1, 0.15) is 5.75 Å². The summed E-state index contributed by atoms with van der Waals surface area (Å²) in [5.74, 6) is 0.416. The summed E-state index contributed by atoms with van der Waals surface area (Å²) in [6.07, 6.45) is 2.53. The number of sulfonamides is 1. The van der Waals surface area contributed by atoms with Gasteiger partial charge in [0.2, 0.25) is 10.0 Å². The summed E-state index contributed by atoms with van der Waals surface area (Å²) in [5, 5.41) is 0. The maximum atomic E-state index is 12.1. The van der Waals surface area contributed by atoms with Gasteiger partial charge in [-0.15, -0.1) is 0 Å². The van der Waals surface area contributed by atoms with E-state index in [1.54, 1.807) is 36.4 Å². The normalized spacial score (nSPS) is 11.1. The molecule has 0 saturated carbocycles. The molecular formula is C16H19N3O4S. The predicted octanol–water partition coefficient (Wildman–Crippen LogP) is 1.20. The van der Waals surface area contributed by atoms with Gasteiger partial charge in [-0.05, 0) is 36.4 Å². The molecule has 2 rings (SSSR count). The van der Waals surface area contributed by atoms with Crippen LogP contribution in [-0.4, -0.2) is 39.1 Å². The third-order valence-corrected chi connectivity index (χ3v) is 4.54. The van der Waals surface area contributed by atoms with Gasteiger partial charge in [0.05, 0.1) is 37.8 Å². The van der Waals surface area contributed by atoms with Crippen molar-refractivity contribution in [2.45, 2.75) is 6.54 Å². The summed E-state index contributed by atoms with van der Waals surface area (Å²) >= 11 is 0. The smallest absolute Gasteiger partial charge is 0.232 e. The summed E-state index contributed by atoms with van der Waals surface area (Å²) in [6, 6.07) is 9.89. The average Bonchev–Trinajstić information content (AvgIpc) is 2.58. The first-order valence-corrected chi connectivity index (χ1v) is 9.00. The molecule has 128 valence electrons. The molecule has 0 radical (unpaired) electrons. The molecule has 0 spiro atoms. The topological polar surface area (TPSA) is 103 Å². The standard InChI is InChI=1S/C16H19N3O4S/c1-23-15-7-5-14(6-8-15)19(24(2,21)22)11-13-4-3-12(10-18-13)16(20)9-17/h3-8,10H,9,11,17H2,1-2H3. The fourth-order valence-electron chi connectivity index (χ4n) is 2.10. The van der Waals surface area contributed by atoms with Gasteiger partial charge in [0.15, 0.2) is 5.78 Å². The number of nitrogens with two attached hydrogens (primary N) is 1. The van der Waals surface area contributed by atoms with Crippen LogP contribution in [0, 0.1) is 0 Å². The second kappa shape index (κ2) is 7.41. The maximum absolute atomic E-state index is 12.1. The number of benzene rings is 1. The number of Topliss-reactive ketones (excluding diaryl/α,β-unsaturated/α-hetero) is 1. The predicted molar refractivity (Wildman–Crippen MR) is 91.6 cm³/mol. The molecule has 0 aliphatic carbocycles. The van der Waals surface area contributed by atoms with E-state index in [0.29, 0.717) is 22.7 Å². The molecule has 1 aromatic carbocycles. The Bertz CT molecular complexity index is 802. The number of aromatic nitrogens is 1. The van der Waals surface area contributed by atoms with E-state index in [9.17, 15) is 13.2 Å². The van der Waals surface area contributed by atoms with E-state index in [-0.39, 0.29) is 18.9 Å². The number of carbonyl (C=O) groups excluding carboxylic acids is 1. The first kappa shape index (κ1) is 17.9. The zero-order valence-corrected chi connectivity index (χ0v) is 14.3. The molecule has 0 amide bonds. The van der Waals surface area contributed by atoms with Gasteiger partial charge in [0.25, 0.3) is 0 Å². The van der Waals surface area contributed by atoms with Crippen molar-refractivity contribution in [3.8, 4) is 5.75 Å². The van der Waals surface area contributed by atoms with E-state index in [4.69, 9.17) is 10.5 Å². The van der Waals surface area contributed by atoms with Crippen LogP contribution in [0.1, 0.15) is 16.1 Å². The molecule has 0 saturated heterocycles. The minimum absolute atomic E-state index is 0.0578. The minimum atomic E-state index is -3.50. The fraction of sp³-hybridized carbons (Fsp3) is 0.250. The largest absolute Gasteiger partial charge is 0.497 e. The van der Waals surface area contributed by atoms with Gasteiger partial charge in [-0.1, -0.05) is 0 Å². The molecule has 0 fully saturated rings. The van der Waals surface area contributed by atoms with Crippen molar-refractivity contribution in [1.82, 2.24) is 4.98 Å². The number of nitrogens with zero attached hydrogens (tertiary/aromatic N) is 2. The van der Waals surface area contributed by atoms with E-state index in [1.165, 1.54) is 17.6 Å². The molecule has 0 unspecified atom stereocenters. The lowest BCUT2D eigenvalue weighted by Gasteiger charge is -2.22. The summed E-state index contributed by atoms with van der Waals surface area (Å²) in [4.78, 5) is 15.7. The van der Waals surface area contributed by atoms with Crippen LogP contribution in [0.4, 0.5) is 5.69 Å². The number of hydrogen-bond donors (Lipinski definition) is 1. The number of ketones is 1.